The van der Waals surface area contributed by atoms with Gasteiger partial charge in [-0.05, 0) is 0 Å². The Kier molecular flexibility index (Phi) is 10.6. The molecule has 0 unspecified atom stereocenters. The van der Waals surface area contributed by atoms with Crippen LogP contribution in [0.2, 0.25) is 0 Å². The number of aromatic carboxylic acids is 2. The van der Waals surface area contributed by atoms with Gasteiger partial charge in [-0.15, -0.1) is 0 Å². The topological polar surface area (TPSA) is 80.3 Å². The number of carbonyl (C=O) groups excluding carboxylic acids is 2. The van der Waals surface area contributed by atoms with E-state index in [4.69, 9.17) is 0 Å². The predicted molar refractivity (Wildman–Crippen MR) is 55.4 cm³/mol. The standard InChI is InChI=1S/C8H6O4.C4H9.Zn/c9-7(10)5-3-1-2-4-6(5)8(11)12;1-3-4-2;/h1-4H,(H,9,10)(H,11,12);1,3-4H2,2H3;/q;-1;+2/p-2. The Hall–Kier alpha value is -1.22. The van der Waals surface area contributed by atoms with Gasteiger partial charge in [0.25, 0.3) is 0 Å². The SMILES string of the molecule is O=C([O-])c1ccccc1C(=O)[O-].[CH2-]CCC.[Zn+2]. The van der Waals surface area contributed by atoms with E-state index in [-0.39, 0.29) is 30.6 Å². The summed E-state index contributed by atoms with van der Waals surface area (Å²) in [6.45, 7) is 5.72. The maximum absolute atomic E-state index is 10.3. The second-order valence-corrected chi connectivity index (χ2v) is 2.97. The van der Waals surface area contributed by atoms with Crippen LogP contribution in [0.3, 0.4) is 0 Å². The maximum atomic E-state index is 10.3. The molecule has 0 atom stereocenters. The van der Waals surface area contributed by atoms with E-state index >= 15 is 0 Å². The largest absolute Gasteiger partial charge is 2.00 e. The average molecular weight is 287 g/mol. The summed E-state index contributed by atoms with van der Waals surface area (Å²) < 4.78 is 0. The molecule has 0 aliphatic rings. The van der Waals surface area contributed by atoms with Crippen molar-refractivity contribution in [3.8, 4) is 0 Å². The third-order valence-electron chi connectivity index (χ3n) is 1.72. The van der Waals surface area contributed by atoms with E-state index in [9.17, 15) is 19.8 Å². The summed E-state index contributed by atoms with van der Waals surface area (Å²) in [5.74, 6) is -3.04. The summed E-state index contributed by atoms with van der Waals surface area (Å²) in [7, 11) is 0. The molecule has 0 fully saturated rings. The Labute approximate surface area is 113 Å². The third-order valence-corrected chi connectivity index (χ3v) is 1.72. The minimum atomic E-state index is -1.52. The molecule has 1 aromatic carbocycles. The molecule has 0 aliphatic heterocycles. The molecule has 0 heterocycles. The molecule has 88 valence electrons. The van der Waals surface area contributed by atoms with Crippen molar-refractivity contribution in [3.63, 3.8) is 0 Å². The van der Waals surface area contributed by atoms with Crippen LogP contribution in [0.5, 0.6) is 0 Å². The van der Waals surface area contributed by atoms with Gasteiger partial charge in [-0.25, -0.2) is 0 Å². The zero-order valence-electron chi connectivity index (χ0n) is 9.77. The first-order valence-corrected chi connectivity index (χ1v) is 4.85. The van der Waals surface area contributed by atoms with E-state index < -0.39 is 11.9 Å². The van der Waals surface area contributed by atoms with Gasteiger partial charge in [-0.3, -0.25) is 0 Å². The third kappa shape index (κ3) is 6.85. The number of unbranched alkanes of at least 4 members (excludes halogenated alkanes) is 1. The molecule has 4 nitrogen and oxygen atoms in total. The van der Waals surface area contributed by atoms with Crippen molar-refractivity contribution in [3.05, 3.63) is 42.3 Å². The Morgan fingerprint density at radius 3 is 1.59 bits per heavy atom. The van der Waals surface area contributed by atoms with Gasteiger partial charge < -0.3 is 26.7 Å². The normalized spacial score (nSPS) is 8.35. The van der Waals surface area contributed by atoms with E-state index in [0.29, 0.717) is 0 Å². The molecular weight excluding hydrogens is 274 g/mol. The van der Waals surface area contributed by atoms with Crippen LogP contribution in [-0.2, 0) is 19.5 Å². The number of hydrogen-bond donors (Lipinski definition) is 0. The van der Waals surface area contributed by atoms with E-state index in [2.05, 4.69) is 13.8 Å². The van der Waals surface area contributed by atoms with E-state index in [1.807, 2.05) is 0 Å². The molecular formula is C12H13O4Zn-. The van der Waals surface area contributed by atoms with Gasteiger partial charge in [0.2, 0.25) is 0 Å². The number of carboxylic acids is 2. The van der Waals surface area contributed by atoms with Crippen molar-refractivity contribution >= 4 is 11.9 Å². The molecule has 17 heavy (non-hydrogen) atoms. The predicted octanol–water partition coefficient (Wildman–Crippen LogP) is 0.0317. The first-order chi connectivity index (χ1) is 7.54. The zero-order valence-corrected chi connectivity index (χ0v) is 12.7. The van der Waals surface area contributed by atoms with Gasteiger partial charge >= 0.3 is 19.5 Å². The first kappa shape index (κ1) is 18.2. The van der Waals surface area contributed by atoms with Crippen LogP contribution in [0.1, 0.15) is 40.5 Å². The number of carboxylic acid groups (broad SMARTS) is 2. The van der Waals surface area contributed by atoms with Gasteiger partial charge in [0, 0.05) is 11.1 Å². The van der Waals surface area contributed by atoms with Crippen LogP contribution in [0.25, 0.3) is 0 Å². The second-order valence-electron chi connectivity index (χ2n) is 2.97. The fourth-order valence-corrected chi connectivity index (χ4v) is 0.839. The fourth-order valence-electron chi connectivity index (χ4n) is 0.839. The molecule has 0 amide bonds. The summed E-state index contributed by atoms with van der Waals surface area (Å²) in [4.78, 5) is 20.6. The Morgan fingerprint density at radius 2 is 1.41 bits per heavy atom. The van der Waals surface area contributed by atoms with Crippen LogP contribution >= 0.6 is 0 Å². The van der Waals surface area contributed by atoms with Gasteiger partial charge in [0.05, 0.1) is 11.9 Å². The molecule has 1 rings (SSSR count). The molecule has 0 radical (unpaired) electrons. The molecule has 0 saturated carbocycles. The molecule has 0 saturated heterocycles. The van der Waals surface area contributed by atoms with Crippen LogP contribution < -0.4 is 10.2 Å². The Balaban J connectivity index is 0. The van der Waals surface area contributed by atoms with Crippen molar-refractivity contribution in [1.82, 2.24) is 0 Å². The fraction of sp³-hybridized carbons (Fsp3) is 0.250. The minimum absolute atomic E-state index is 0. The van der Waals surface area contributed by atoms with Crippen molar-refractivity contribution < 1.29 is 39.3 Å². The van der Waals surface area contributed by atoms with E-state index in [1.165, 1.54) is 18.6 Å². The molecule has 1 aromatic rings. The number of benzene rings is 1. The number of hydrogen-bond acceptors (Lipinski definition) is 4. The van der Waals surface area contributed by atoms with Gasteiger partial charge in [-0.2, -0.15) is 6.42 Å². The summed E-state index contributed by atoms with van der Waals surface area (Å²) in [5, 5.41) is 20.6. The van der Waals surface area contributed by atoms with Crippen molar-refractivity contribution in [2.45, 2.75) is 19.8 Å². The average Bonchev–Trinajstić information content (AvgIpc) is 2.29. The monoisotopic (exact) mass is 285 g/mol. The van der Waals surface area contributed by atoms with Gasteiger partial charge in [0.1, 0.15) is 0 Å². The molecule has 0 bridgehead atoms. The molecule has 0 aliphatic carbocycles. The Bertz CT molecular complexity index is 328. The van der Waals surface area contributed by atoms with Crippen molar-refractivity contribution in [2.75, 3.05) is 0 Å². The van der Waals surface area contributed by atoms with Crippen LogP contribution in [-0.4, -0.2) is 11.9 Å². The maximum Gasteiger partial charge on any atom is 2.00 e. The minimum Gasteiger partial charge on any atom is -0.545 e. The summed E-state index contributed by atoms with van der Waals surface area (Å²) in [6, 6.07) is 5.14. The molecule has 0 aromatic heterocycles. The van der Waals surface area contributed by atoms with Crippen LogP contribution in [0, 0.1) is 6.92 Å². The summed E-state index contributed by atoms with van der Waals surface area (Å²) in [5.41, 5.74) is -0.727. The van der Waals surface area contributed by atoms with Crippen LogP contribution in [0.4, 0.5) is 0 Å². The van der Waals surface area contributed by atoms with E-state index in [0.717, 1.165) is 18.6 Å². The van der Waals surface area contributed by atoms with Gasteiger partial charge in [-0.1, -0.05) is 37.6 Å². The molecule has 5 heteroatoms. The summed E-state index contributed by atoms with van der Waals surface area (Å²) >= 11 is 0. The zero-order chi connectivity index (χ0) is 12.6. The van der Waals surface area contributed by atoms with Gasteiger partial charge in [0.15, 0.2) is 0 Å². The quantitative estimate of drug-likeness (QED) is 0.580. The second kappa shape index (κ2) is 9.97. The van der Waals surface area contributed by atoms with Crippen molar-refractivity contribution in [2.24, 2.45) is 0 Å². The van der Waals surface area contributed by atoms with E-state index in [1.54, 1.807) is 0 Å². The summed E-state index contributed by atoms with van der Waals surface area (Å²) in [6.07, 6.45) is 2.28. The van der Waals surface area contributed by atoms with Crippen LogP contribution in [0.15, 0.2) is 24.3 Å². The molecule has 0 N–H and O–H groups in total. The molecule has 0 spiro atoms. The smallest absolute Gasteiger partial charge is 0.545 e. The number of carbonyl (C=O) groups is 2. The Morgan fingerprint density at radius 1 is 1.12 bits per heavy atom. The number of rotatable bonds is 3. The first-order valence-electron chi connectivity index (χ1n) is 4.85. The van der Waals surface area contributed by atoms with Crippen molar-refractivity contribution in [1.29, 1.82) is 0 Å².